The summed E-state index contributed by atoms with van der Waals surface area (Å²) in [6.07, 6.45) is 12.6. The zero-order valence-corrected chi connectivity index (χ0v) is 21.4. The van der Waals surface area contributed by atoms with Gasteiger partial charge in [0.1, 0.15) is 5.60 Å². The molecule has 3 aromatic rings. The van der Waals surface area contributed by atoms with Gasteiger partial charge in [-0.25, -0.2) is 4.68 Å². The van der Waals surface area contributed by atoms with Gasteiger partial charge < -0.3 is 10.4 Å². The summed E-state index contributed by atoms with van der Waals surface area (Å²) >= 11 is 0. The zero-order valence-electron chi connectivity index (χ0n) is 21.4. The Kier molecular flexibility index (Phi) is 6.56. The molecule has 0 bridgehead atoms. The lowest BCUT2D eigenvalue weighted by Gasteiger charge is -2.38. The van der Waals surface area contributed by atoms with Gasteiger partial charge in [-0.3, -0.25) is 9.78 Å². The molecule has 2 N–H and O–H groups in total. The van der Waals surface area contributed by atoms with Crippen LogP contribution < -0.4 is 5.32 Å². The van der Waals surface area contributed by atoms with E-state index in [1.165, 1.54) is 11.1 Å². The van der Waals surface area contributed by atoms with Gasteiger partial charge in [-0.1, -0.05) is 56.7 Å². The normalized spacial score (nSPS) is 21.9. The smallest absolute Gasteiger partial charge is 0.252 e. The van der Waals surface area contributed by atoms with Crippen LogP contribution in [0.1, 0.15) is 75.7 Å². The fraction of sp³-hybridized carbons (Fsp3) is 0.433. The van der Waals surface area contributed by atoms with E-state index in [-0.39, 0.29) is 17.4 Å². The number of nitrogens with one attached hydrogen (secondary N) is 1. The lowest BCUT2D eigenvalue weighted by atomic mass is 9.68. The van der Waals surface area contributed by atoms with Crippen molar-refractivity contribution < 1.29 is 9.90 Å². The van der Waals surface area contributed by atoms with E-state index < -0.39 is 5.60 Å². The molecular weight excluding hydrogens is 448 g/mol. The summed E-state index contributed by atoms with van der Waals surface area (Å²) in [7, 11) is 0. The molecule has 6 heteroatoms. The molecule has 2 heterocycles. The highest BCUT2D eigenvalue weighted by atomic mass is 16.3. The van der Waals surface area contributed by atoms with Crippen LogP contribution in [0.5, 0.6) is 0 Å². The first-order chi connectivity index (χ1) is 17.4. The van der Waals surface area contributed by atoms with Crippen LogP contribution in [-0.2, 0) is 11.2 Å². The molecule has 36 heavy (non-hydrogen) atoms. The summed E-state index contributed by atoms with van der Waals surface area (Å²) in [5.41, 5.74) is 4.60. The molecule has 0 radical (unpaired) electrons. The zero-order chi connectivity index (χ0) is 25.3. The van der Waals surface area contributed by atoms with Crippen molar-refractivity contribution in [2.75, 3.05) is 0 Å². The third-order valence-corrected chi connectivity index (χ3v) is 8.66. The molecule has 0 spiro atoms. The van der Waals surface area contributed by atoms with Crippen LogP contribution in [0.3, 0.4) is 0 Å². The Morgan fingerprint density at radius 1 is 1.19 bits per heavy atom. The number of fused-ring (bicyclic) bond motifs is 2. The molecule has 0 aliphatic heterocycles. The predicted octanol–water partition coefficient (Wildman–Crippen LogP) is 5.42. The minimum Gasteiger partial charge on any atom is -0.380 e. The molecule has 6 nitrogen and oxygen atoms in total. The molecule has 1 amide bonds. The van der Waals surface area contributed by atoms with Gasteiger partial charge in [0.05, 0.1) is 29.8 Å². The molecule has 188 valence electrons. The highest BCUT2D eigenvalue weighted by molar-refractivity contribution is 5.85. The second-order valence-electron chi connectivity index (χ2n) is 10.6. The summed E-state index contributed by atoms with van der Waals surface area (Å²) in [6, 6.07) is 14.0. The molecule has 0 saturated heterocycles. The summed E-state index contributed by atoms with van der Waals surface area (Å²) < 4.78 is 1.99. The number of aliphatic hydroxyl groups is 1. The number of pyridine rings is 1. The topological polar surface area (TPSA) is 80.0 Å². The summed E-state index contributed by atoms with van der Waals surface area (Å²) in [6.45, 7) is 6.10. The first-order valence-electron chi connectivity index (χ1n) is 13.1. The van der Waals surface area contributed by atoms with E-state index in [1.807, 2.05) is 61.3 Å². The molecule has 1 saturated carbocycles. The highest BCUT2D eigenvalue weighted by Crippen LogP contribution is 2.55. The average Bonchev–Trinajstić information content (AvgIpc) is 3.46. The van der Waals surface area contributed by atoms with E-state index in [0.29, 0.717) is 18.8 Å². The van der Waals surface area contributed by atoms with E-state index in [9.17, 15) is 9.90 Å². The lowest BCUT2D eigenvalue weighted by Crippen LogP contribution is -2.47. The van der Waals surface area contributed by atoms with Crippen molar-refractivity contribution in [3.8, 4) is 5.69 Å². The largest absolute Gasteiger partial charge is 0.380 e. The number of allylic oxidation sites excluding steroid dienone is 1. The number of hydrogen-bond acceptors (Lipinski definition) is 4. The van der Waals surface area contributed by atoms with Crippen molar-refractivity contribution in [1.82, 2.24) is 20.1 Å². The van der Waals surface area contributed by atoms with Crippen LogP contribution in [-0.4, -0.2) is 31.4 Å². The van der Waals surface area contributed by atoms with Gasteiger partial charge in [0.2, 0.25) is 0 Å². The summed E-state index contributed by atoms with van der Waals surface area (Å²) in [4.78, 5) is 17.4. The Labute approximate surface area is 213 Å². The third-order valence-electron chi connectivity index (χ3n) is 8.66. The van der Waals surface area contributed by atoms with Gasteiger partial charge in [-0.05, 0) is 79.2 Å². The second-order valence-corrected chi connectivity index (χ2v) is 10.6. The quantitative estimate of drug-likeness (QED) is 0.447. The molecular formula is C30H36N4O2. The van der Waals surface area contributed by atoms with Gasteiger partial charge in [0, 0.05) is 6.20 Å². The number of benzene rings is 1. The molecule has 5 rings (SSSR count). The average molecular weight is 485 g/mol. The summed E-state index contributed by atoms with van der Waals surface area (Å²) in [5.74, 6) is 0.129. The standard InChI is InChI=1S/C30H36N4O2/c1-4-30(36,5-2)28(35)33-26(21-10-7-6-8-11-21)16-23-13-14-24-17-27-22(18-29(23,24)3)19-32-34(27)25-12-9-15-31-20-25/h6-12,15,17,19-20,23,26,36H,4-5,13-14,16,18H2,1-3H3,(H,33,35)/t23-,26?,29-/m1/s1. The number of rotatable bonds is 8. The molecule has 1 fully saturated rings. The Morgan fingerprint density at radius 3 is 2.67 bits per heavy atom. The SMILES string of the molecule is CCC(O)(CC)C(=O)NC(C[C@H]1CCC2=Cc3c(cnn3-c3cccnc3)C[C@@]21C)c1ccccc1. The van der Waals surface area contributed by atoms with Crippen LogP contribution >= 0.6 is 0 Å². The lowest BCUT2D eigenvalue weighted by molar-refractivity contribution is -0.141. The van der Waals surface area contributed by atoms with Crippen molar-refractivity contribution in [2.45, 2.75) is 70.9 Å². The number of carbonyl (C=O) groups excluding carboxylic acids is 1. The van der Waals surface area contributed by atoms with Crippen LogP contribution in [0.25, 0.3) is 11.8 Å². The molecule has 1 unspecified atom stereocenters. The Hall–Kier alpha value is -3.25. The predicted molar refractivity (Wildman–Crippen MR) is 141 cm³/mol. The number of carbonyl (C=O) groups is 1. The van der Waals surface area contributed by atoms with Crippen molar-refractivity contribution in [2.24, 2.45) is 11.3 Å². The minimum absolute atomic E-state index is 0.0133. The fourth-order valence-corrected chi connectivity index (χ4v) is 6.11. The fourth-order valence-electron chi connectivity index (χ4n) is 6.11. The second kappa shape index (κ2) is 9.66. The number of nitrogens with zero attached hydrogens (tertiary/aromatic N) is 3. The van der Waals surface area contributed by atoms with Gasteiger partial charge in [-0.15, -0.1) is 0 Å². The summed E-state index contributed by atoms with van der Waals surface area (Å²) in [5, 5.41) is 18.8. The van der Waals surface area contributed by atoms with E-state index in [1.54, 1.807) is 6.20 Å². The van der Waals surface area contributed by atoms with E-state index in [2.05, 4.69) is 35.4 Å². The first kappa shape index (κ1) is 24.4. The Bertz CT molecular complexity index is 1250. The number of aromatic nitrogens is 3. The van der Waals surface area contributed by atoms with Crippen molar-refractivity contribution in [3.63, 3.8) is 0 Å². The van der Waals surface area contributed by atoms with E-state index >= 15 is 0 Å². The highest BCUT2D eigenvalue weighted by Gasteiger charge is 2.46. The Balaban J connectivity index is 1.42. The van der Waals surface area contributed by atoms with E-state index in [0.717, 1.165) is 42.6 Å². The van der Waals surface area contributed by atoms with Crippen LogP contribution in [0.15, 0.2) is 66.6 Å². The maximum atomic E-state index is 13.2. The van der Waals surface area contributed by atoms with Crippen LogP contribution in [0.4, 0.5) is 0 Å². The van der Waals surface area contributed by atoms with Crippen molar-refractivity contribution in [1.29, 1.82) is 0 Å². The minimum atomic E-state index is -1.34. The van der Waals surface area contributed by atoms with Gasteiger partial charge in [0.15, 0.2) is 0 Å². The Morgan fingerprint density at radius 2 is 1.97 bits per heavy atom. The van der Waals surface area contributed by atoms with Gasteiger partial charge in [0.25, 0.3) is 5.91 Å². The monoisotopic (exact) mass is 484 g/mol. The van der Waals surface area contributed by atoms with Crippen molar-refractivity contribution >= 4 is 12.0 Å². The molecule has 3 atom stereocenters. The van der Waals surface area contributed by atoms with Crippen LogP contribution in [0, 0.1) is 11.3 Å². The molecule has 2 aromatic heterocycles. The number of hydrogen-bond donors (Lipinski definition) is 2. The van der Waals surface area contributed by atoms with Crippen LogP contribution in [0.2, 0.25) is 0 Å². The molecule has 2 aliphatic carbocycles. The number of amides is 1. The van der Waals surface area contributed by atoms with Crippen molar-refractivity contribution in [3.05, 3.63) is 83.4 Å². The maximum Gasteiger partial charge on any atom is 0.252 e. The molecule has 1 aromatic carbocycles. The molecule has 2 aliphatic rings. The van der Waals surface area contributed by atoms with Gasteiger partial charge in [-0.2, -0.15) is 5.10 Å². The third kappa shape index (κ3) is 4.28. The first-order valence-corrected chi connectivity index (χ1v) is 13.1. The maximum absolute atomic E-state index is 13.2. The van der Waals surface area contributed by atoms with Gasteiger partial charge >= 0.3 is 0 Å². The van der Waals surface area contributed by atoms with E-state index in [4.69, 9.17) is 5.10 Å².